The van der Waals surface area contributed by atoms with E-state index in [0.29, 0.717) is 5.56 Å². The number of carbonyl (C=O) groups is 1. The molecule has 3 nitrogen and oxygen atoms in total. The zero-order chi connectivity index (χ0) is 9.26. The van der Waals surface area contributed by atoms with Crippen molar-refractivity contribution in [3.8, 4) is 11.1 Å². The van der Waals surface area contributed by atoms with Crippen LogP contribution in [-0.4, -0.2) is 16.1 Å². The molecule has 2 aromatic heterocycles. The topological polar surface area (TPSA) is 53.1 Å². The lowest BCUT2D eigenvalue weighted by atomic mass is 10.1. The third-order valence-electron chi connectivity index (χ3n) is 1.81. The van der Waals surface area contributed by atoms with Gasteiger partial charge in [-0.1, -0.05) is 0 Å². The van der Waals surface area contributed by atoms with Crippen LogP contribution in [0.15, 0.2) is 29.2 Å². The molecule has 0 fully saturated rings. The quantitative estimate of drug-likeness (QED) is 0.769. The number of carboxylic acid groups (broad SMARTS) is 1. The number of H-pyrrole nitrogens is 1. The first-order valence-corrected chi connectivity index (χ1v) is 4.66. The molecule has 0 aliphatic carbocycles. The summed E-state index contributed by atoms with van der Waals surface area (Å²) in [5, 5.41) is 12.7. The minimum Gasteiger partial charge on any atom is -0.478 e. The molecule has 2 rings (SSSR count). The van der Waals surface area contributed by atoms with E-state index in [1.807, 2.05) is 16.8 Å². The Hall–Kier alpha value is -1.55. The summed E-state index contributed by atoms with van der Waals surface area (Å²) < 4.78 is 0. The second-order valence-electron chi connectivity index (χ2n) is 2.60. The fourth-order valence-corrected chi connectivity index (χ4v) is 1.85. The first kappa shape index (κ1) is 8.07. The molecule has 0 unspecified atom stereocenters. The number of nitrogens with one attached hydrogen (secondary N) is 1. The Bertz CT molecular complexity index is 417. The van der Waals surface area contributed by atoms with Crippen LogP contribution in [0.1, 0.15) is 10.4 Å². The number of rotatable bonds is 2. The molecule has 13 heavy (non-hydrogen) atoms. The summed E-state index contributed by atoms with van der Waals surface area (Å²) in [5.41, 5.74) is 2.01. The van der Waals surface area contributed by atoms with E-state index in [-0.39, 0.29) is 0 Å². The Labute approximate surface area is 78.7 Å². The minimum absolute atomic E-state index is 0.318. The molecule has 0 aliphatic rings. The summed E-state index contributed by atoms with van der Waals surface area (Å²) in [6.07, 6.45) is 3.20. The molecule has 0 amide bonds. The van der Waals surface area contributed by atoms with Gasteiger partial charge in [-0.05, 0) is 22.4 Å². The Kier molecular flexibility index (Phi) is 1.90. The number of carboxylic acids is 1. The molecule has 0 spiro atoms. The molecule has 2 N–H and O–H groups in total. The third kappa shape index (κ3) is 1.36. The highest BCUT2D eigenvalue weighted by molar-refractivity contribution is 7.08. The minimum atomic E-state index is -0.901. The Balaban J connectivity index is 2.52. The summed E-state index contributed by atoms with van der Waals surface area (Å²) in [5.74, 6) is -0.901. The summed E-state index contributed by atoms with van der Waals surface area (Å²) in [6.45, 7) is 0. The van der Waals surface area contributed by atoms with Crippen LogP contribution in [0.4, 0.5) is 0 Å². The number of hydrogen-bond acceptors (Lipinski definition) is 2. The largest absolute Gasteiger partial charge is 0.478 e. The predicted octanol–water partition coefficient (Wildman–Crippen LogP) is 2.44. The highest BCUT2D eigenvalue weighted by Gasteiger charge is 2.12. The van der Waals surface area contributed by atoms with Gasteiger partial charge in [-0.2, -0.15) is 11.3 Å². The summed E-state index contributed by atoms with van der Waals surface area (Å²) >= 11 is 1.55. The van der Waals surface area contributed by atoms with Crippen LogP contribution >= 0.6 is 11.3 Å². The van der Waals surface area contributed by atoms with E-state index in [1.54, 1.807) is 17.5 Å². The van der Waals surface area contributed by atoms with Crippen LogP contribution < -0.4 is 0 Å². The summed E-state index contributed by atoms with van der Waals surface area (Å²) in [6, 6.07) is 1.90. The zero-order valence-corrected chi connectivity index (χ0v) is 7.47. The van der Waals surface area contributed by atoms with Crippen molar-refractivity contribution in [3.63, 3.8) is 0 Å². The standard InChI is InChI=1S/C9H7NO2S/c11-9(12)8-4-10-3-7(8)6-1-2-13-5-6/h1-5,10H,(H,11,12). The van der Waals surface area contributed by atoms with Crippen molar-refractivity contribution in [2.45, 2.75) is 0 Å². The number of hydrogen-bond donors (Lipinski definition) is 2. The zero-order valence-electron chi connectivity index (χ0n) is 6.65. The van der Waals surface area contributed by atoms with Crippen molar-refractivity contribution in [2.75, 3.05) is 0 Å². The van der Waals surface area contributed by atoms with Gasteiger partial charge in [-0.3, -0.25) is 0 Å². The van der Waals surface area contributed by atoms with Gasteiger partial charge in [0.1, 0.15) is 0 Å². The number of thiophene rings is 1. The molecular weight excluding hydrogens is 186 g/mol. The van der Waals surface area contributed by atoms with Crippen molar-refractivity contribution in [3.05, 3.63) is 34.8 Å². The fraction of sp³-hybridized carbons (Fsp3) is 0. The molecule has 0 saturated carbocycles. The van der Waals surface area contributed by atoms with Gasteiger partial charge in [0.05, 0.1) is 5.56 Å². The van der Waals surface area contributed by atoms with E-state index in [4.69, 9.17) is 5.11 Å². The second-order valence-corrected chi connectivity index (χ2v) is 3.38. The molecule has 0 saturated heterocycles. The normalized spacial score (nSPS) is 10.2. The van der Waals surface area contributed by atoms with Gasteiger partial charge in [0, 0.05) is 18.0 Å². The van der Waals surface area contributed by atoms with Crippen molar-refractivity contribution in [2.24, 2.45) is 0 Å². The van der Waals surface area contributed by atoms with Crippen LogP contribution in [0, 0.1) is 0 Å². The van der Waals surface area contributed by atoms with E-state index in [0.717, 1.165) is 11.1 Å². The molecule has 0 bridgehead atoms. The lowest BCUT2D eigenvalue weighted by Crippen LogP contribution is -1.95. The maximum absolute atomic E-state index is 10.8. The van der Waals surface area contributed by atoms with E-state index < -0.39 is 5.97 Å². The van der Waals surface area contributed by atoms with Gasteiger partial charge in [0.25, 0.3) is 0 Å². The number of aromatic carboxylic acids is 1. The smallest absolute Gasteiger partial charge is 0.337 e. The van der Waals surface area contributed by atoms with Crippen molar-refractivity contribution >= 4 is 17.3 Å². The van der Waals surface area contributed by atoms with E-state index in [1.165, 1.54) is 6.20 Å². The van der Waals surface area contributed by atoms with Gasteiger partial charge in [-0.25, -0.2) is 4.79 Å². The molecule has 4 heteroatoms. The lowest BCUT2D eigenvalue weighted by Gasteiger charge is -1.94. The van der Waals surface area contributed by atoms with Crippen molar-refractivity contribution in [1.82, 2.24) is 4.98 Å². The molecule has 2 heterocycles. The van der Waals surface area contributed by atoms with Gasteiger partial charge in [0.15, 0.2) is 0 Å². The second kappa shape index (κ2) is 3.06. The van der Waals surface area contributed by atoms with Crippen LogP contribution in [0.2, 0.25) is 0 Å². The molecule has 0 radical (unpaired) electrons. The average Bonchev–Trinajstić information content (AvgIpc) is 2.74. The molecule has 0 atom stereocenters. The van der Waals surface area contributed by atoms with Crippen LogP contribution in [0.3, 0.4) is 0 Å². The maximum atomic E-state index is 10.8. The van der Waals surface area contributed by atoms with Crippen LogP contribution in [-0.2, 0) is 0 Å². The molecule has 0 aromatic carbocycles. The Morgan fingerprint density at radius 3 is 2.92 bits per heavy atom. The average molecular weight is 193 g/mol. The molecule has 2 aromatic rings. The summed E-state index contributed by atoms with van der Waals surface area (Å²) in [7, 11) is 0. The highest BCUT2D eigenvalue weighted by atomic mass is 32.1. The van der Waals surface area contributed by atoms with Crippen molar-refractivity contribution < 1.29 is 9.90 Å². The maximum Gasteiger partial charge on any atom is 0.337 e. The predicted molar refractivity (Wildman–Crippen MR) is 51.1 cm³/mol. The Morgan fingerprint density at radius 1 is 1.46 bits per heavy atom. The highest BCUT2D eigenvalue weighted by Crippen LogP contribution is 2.25. The van der Waals surface area contributed by atoms with Gasteiger partial charge >= 0.3 is 5.97 Å². The van der Waals surface area contributed by atoms with Crippen LogP contribution in [0.25, 0.3) is 11.1 Å². The molecular formula is C9H7NO2S. The van der Waals surface area contributed by atoms with Gasteiger partial charge in [0.2, 0.25) is 0 Å². The first-order valence-electron chi connectivity index (χ1n) is 3.71. The van der Waals surface area contributed by atoms with Crippen molar-refractivity contribution in [1.29, 1.82) is 0 Å². The lowest BCUT2D eigenvalue weighted by molar-refractivity contribution is 0.0698. The first-order chi connectivity index (χ1) is 6.29. The summed E-state index contributed by atoms with van der Waals surface area (Å²) in [4.78, 5) is 13.6. The fourth-order valence-electron chi connectivity index (χ4n) is 1.20. The van der Waals surface area contributed by atoms with E-state index >= 15 is 0 Å². The number of aromatic nitrogens is 1. The third-order valence-corrected chi connectivity index (χ3v) is 2.49. The number of aromatic amines is 1. The van der Waals surface area contributed by atoms with Crippen LogP contribution in [0.5, 0.6) is 0 Å². The molecule has 0 aliphatic heterocycles. The van der Waals surface area contributed by atoms with Gasteiger partial charge < -0.3 is 10.1 Å². The SMILES string of the molecule is O=C(O)c1c[nH]cc1-c1ccsc1. The van der Waals surface area contributed by atoms with E-state index in [9.17, 15) is 4.79 Å². The van der Waals surface area contributed by atoms with Gasteiger partial charge in [-0.15, -0.1) is 0 Å². The monoisotopic (exact) mass is 193 g/mol. The van der Waals surface area contributed by atoms with E-state index in [2.05, 4.69) is 4.98 Å². The Morgan fingerprint density at radius 2 is 2.31 bits per heavy atom. The molecule has 66 valence electrons.